The van der Waals surface area contributed by atoms with Crippen molar-refractivity contribution in [3.05, 3.63) is 78.1 Å². The lowest BCUT2D eigenvalue weighted by Crippen LogP contribution is -2.56. The Labute approximate surface area is 163 Å². The van der Waals surface area contributed by atoms with E-state index in [1.165, 1.54) is 18.2 Å². The molecule has 3 rings (SSSR count). The summed E-state index contributed by atoms with van der Waals surface area (Å²) in [7, 11) is 0. The monoisotopic (exact) mass is 382 g/mol. The summed E-state index contributed by atoms with van der Waals surface area (Å²) in [5.41, 5.74) is 1.29. The van der Waals surface area contributed by atoms with E-state index in [1.54, 1.807) is 41.3 Å². The zero-order chi connectivity index (χ0) is 20.3. The van der Waals surface area contributed by atoms with E-state index >= 15 is 0 Å². The summed E-state index contributed by atoms with van der Waals surface area (Å²) >= 11 is 0. The molecule has 6 heteroatoms. The zero-order valence-electron chi connectivity index (χ0n) is 15.9. The number of carbonyl (C=O) groups is 2. The van der Waals surface area contributed by atoms with Crippen molar-refractivity contribution >= 4 is 17.5 Å². The summed E-state index contributed by atoms with van der Waals surface area (Å²) in [6.07, 6.45) is 0.792. The van der Waals surface area contributed by atoms with Gasteiger partial charge in [0.2, 0.25) is 5.91 Å². The van der Waals surface area contributed by atoms with Gasteiger partial charge in [-0.05, 0) is 61.9 Å². The number of ether oxygens (including phenoxy) is 1. The smallest absolute Gasteiger partial charge is 0.254 e. The molecule has 1 N–H and O–H groups in total. The van der Waals surface area contributed by atoms with Gasteiger partial charge in [0.15, 0.2) is 0 Å². The third-order valence-corrected chi connectivity index (χ3v) is 4.77. The predicted octanol–water partition coefficient (Wildman–Crippen LogP) is 3.94. The highest BCUT2D eigenvalue weighted by molar-refractivity contribution is 5.99. The Balaban J connectivity index is 1.79. The number of morpholine rings is 1. The van der Waals surface area contributed by atoms with Crippen molar-refractivity contribution in [2.75, 3.05) is 18.5 Å². The van der Waals surface area contributed by atoms with Crippen LogP contribution in [0, 0.1) is 5.82 Å². The first-order valence-electron chi connectivity index (χ1n) is 9.03. The van der Waals surface area contributed by atoms with Gasteiger partial charge in [-0.1, -0.05) is 18.7 Å². The minimum atomic E-state index is -0.503. The number of benzene rings is 2. The molecule has 1 aliphatic heterocycles. The highest BCUT2D eigenvalue weighted by Gasteiger charge is 2.39. The number of nitrogens with one attached hydrogen (secondary N) is 1. The number of hydrogen-bond acceptors (Lipinski definition) is 3. The van der Waals surface area contributed by atoms with Crippen molar-refractivity contribution in [2.24, 2.45) is 0 Å². The Hall–Kier alpha value is -2.99. The summed E-state index contributed by atoms with van der Waals surface area (Å²) in [5, 5.41) is 2.65. The molecule has 0 radical (unpaired) electrons. The van der Waals surface area contributed by atoms with Gasteiger partial charge in [-0.15, -0.1) is 0 Å². The molecule has 1 fully saturated rings. The maximum absolute atomic E-state index is 13.6. The normalized spacial score (nSPS) is 18.4. The molecule has 0 spiro atoms. The van der Waals surface area contributed by atoms with E-state index in [0.717, 1.165) is 0 Å². The second kappa shape index (κ2) is 7.94. The minimum Gasteiger partial charge on any atom is -0.369 e. The average molecular weight is 382 g/mol. The van der Waals surface area contributed by atoms with Crippen molar-refractivity contribution in [3.8, 4) is 0 Å². The fourth-order valence-electron chi connectivity index (χ4n) is 3.16. The van der Waals surface area contributed by atoms with Gasteiger partial charge in [0.05, 0.1) is 18.7 Å². The quantitative estimate of drug-likeness (QED) is 0.815. The highest BCUT2D eigenvalue weighted by Crippen LogP contribution is 2.32. The third-order valence-electron chi connectivity index (χ3n) is 4.77. The van der Waals surface area contributed by atoms with Crippen LogP contribution in [-0.4, -0.2) is 35.4 Å². The van der Waals surface area contributed by atoms with Crippen LogP contribution >= 0.6 is 0 Å². The first-order chi connectivity index (χ1) is 13.3. The van der Waals surface area contributed by atoms with Crippen LogP contribution in [0.15, 0.2) is 61.2 Å². The maximum Gasteiger partial charge on any atom is 0.254 e. The molecular weight excluding hydrogens is 359 g/mol. The van der Waals surface area contributed by atoms with Gasteiger partial charge in [-0.3, -0.25) is 9.59 Å². The molecule has 1 unspecified atom stereocenters. The topological polar surface area (TPSA) is 58.6 Å². The van der Waals surface area contributed by atoms with Crippen LogP contribution < -0.4 is 5.32 Å². The van der Waals surface area contributed by atoms with E-state index in [2.05, 4.69) is 11.9 Å². The molecule has 1 aliphatic rings. The molecular formula is C22H23FN2O3. The van der Waals surface area contributed by atoms with E-state index < -0.39 is 5.54 Å². The maximum atomic E-state index is 13.6. The molecule has 2 amide bonds. The average Bonchev–Trinajstić information content (AvgIpc) is 2.68. The van der Waals surface area contributed by atoms with Crippen LogP contribution in [0.3, 0.4) is 0 Å². The number of hydrogen-bond donors (Lipinski definition) is 1. The fraction of sp³-hybridized carbons (Fsp3) is 0.273. The summed E-state index contributed by atoms with van der Waals surface area (Å²) < 4.78 is 19.5. The highest BCUT2D eigenvalue weighted by atomic mass is 19.1. The second-order valence-electron chi connectivity index (χ2n) is 7.35. The largest absolute Gasteiger partial charge is 0.369 e. The summed E-state index contributed by atoms with van der Waals surface area (Å²) in [4.78, 5) is 26.3. The molecule has 0 aliphatic carbocycles. The first-order valence-corrected chi connectivity index (χ1v) is 9.03. The molecule has 2 aromatic carbocycles. The lowest BCUT2D eigenvalue weighted by Gasteiger charge is -2.45. The Bertz CT molecular complexity index is 893. The van der Waals surface area contributed by atoms with Crippen LogP contribution in [0.2, 0.25) is 0 Å². The molecule has 0 bridgehead atoms. The second-order valence-corrected chi connectivity index (χ2v) is 7.35. The number of rotatable bonds is 4. The summed E-state index contributed by atoms with van der Waals surface area (Å²) in [6.45, 7) is 7.95. The van der Waals surface area contributed by atoms with Crippen molar-refractivity contribution in [1.29, 1.82) is 0 Å². The Kier molecular flexibility index (Phi) is 5.61. The lowest BCUT2D eigenvalue weighted by molar-refractivity contribution is -0.111. The van der Waals surface area contributed by atoms with Crippen LogP contribution in [0.4, 0.5) is 10.1 Å². The van der Waals surface area contributed by atoms with Crippen molar-refractivity contribution in [3.63, 3.8) is 0 Å². The number of carbonyl (C=O) groups excluding carboxylic acids is 2. The van der Waals surface area contributed by atoms with Crippen molar-refractivity contribution in [2.45, 2.75) is 25.5 Å². The summed E-state index contributed by atoms with van der Waals surface area (Å²) in [5.74, 6) is -0.788. The lowest BCUT2D eigenvalue weighted by atomic mass is 9.96. The molecule has 1 saturated heterocycles. The molecule has 2 aromatic rings. The van der Waals surface area contributed by atoms with E-state index in [9.17, 15) is 14.0 Å². The van der Waals surface area contributed by atoms with Gasteiger partial charge in [-0.25, -0.2) is 4.39 Å². The number of halogens is 1. The molecule has 146 valence electrons. The summed E-state index contributed by atoms with van der Waals surface area (Å²) in [6, 6.07) is 12.9. The Morgan fingerprint density at radius 3 is 2.61 bits per heavy atom. The molecule has 0 saturated carbocycles. The molecule has 1 atom stereocenters. The molecule has 28 heavy (non-hydrogen) atoms. The van der Waals surface area contributed by atoms with E-state index in [0.29, 0.717) is 30.0 Å². The van der Waals surface area contributed by atoms with Gasteiger partial charge in [0, 0.05) is 11.3 Å². The predicted molar refractivity (Wildman–Crippen MR) is 105 cm³/mol. The zero-order valence-corrected chi connectivity index (χ0v) is 15.9. The van der Waals surface area contributed by atoms with Crippen LogP contribution in [0.1, 0.15) is 35.9 Å². The minimum absolute atomic E-state index is 0.142. The Morgan fingerprint density at radius 1 is 1.25 bits per heavy atom. The fourth-order valence-corrected chi connectivity index (χ4v) is 3.16. The van der Waals surface area contributed by atoms with Gasteiger partial charge in [0.1, 0.15) is 11.9 Å². The van der Waals surface area contributed by atoms with E-state index in [4.69, 9.17) is 4.74 Å². The van der Waals surface area contributed by atoms with Crippen molar-refractivity contribution < 1.29 is 18.7 Å². The number of anilines is 1. The van der Waals surface area contributed by atoms with E-state index in [1.807, 2.05) is 13.8 Å². The third kappa shape index (κ3) is 4.28. The SMILES string of the molecule is C=CC(=O)Nc1ccc(C(=O)N2CC(c3cccc(F)c3)OCC2(C)C)cc1. The number of amides is 2. The Morgan fingerprint density at radius 2 is 1.96 bits per heavy atom. The van der Waals surface area contributed by atoms with Crippen LogP contribution in [-0.2, 0) is 9.53 Å². The standard InChI is InChI=1S/C22H23FN2O3/c1-4-20(26)24-18-10-8-15(9-11-18)21(27)25-13-19(28-14-22(25,2)3)16-6-5-7-17(23)12-16/h4-12,19H,1,13-14H2,2-3H3,(H,24,26). The van der Waals surface area contributed by atoms with Gasteiger partial charge < -0.3 is 15.0 Å². The van der Waals surface area contributed by atoms with Gasteiger partial charge in [-0.2, -0.15) is 0 Å². The number of nitrogens with zero attached hydrogens (tertiary/aromatic N) is 1. The molecule has 0 aromatic heterocycles. The molecule has 5 nitrogen and oxygen atoms in total. The van der Waals surface area contributed by atoms with Crippen LogP contribution in [0.5, 0.6) is 0 Å². The van der Waals surface area contributed by atoms with Crippen molar-refractivity contribution in [1.82, 2.24) is 4.90 Å². The van der Waals surface area contributed by atoms with Crippen LogP contribution in [0.25, 0.3) is 0 Å². The first kappa shape index (κ1) is 19.8. The van der Waals surface area contributed by atoms with Gasteiger partial charge in [0.25, 0.3) is 5.91 Å². The molecule has 1 heterocycles. The van der Waals surface area contributed by atoms with Gasteiger partial charge >= 0.3 is 0 Å². The van der Waals surface area contributed by atoms with E-state index in [-0.39, 0.29) is 23.7 Å².